The van der Waals surface area contributed by atoms with E-state index >= 15 is 0 Å². The Balaban J connectivity index is 2.67. The van der Waals surface area contributed by atoms with Gasteiger partial charge in [0.1, 0.15) is 0 Å². The van der Waals surface area contributed by atoms with E-state index in [4.69, 9.17) is 9.57 Å². The number of rotatable bonds is 4. The Bertz CT molecular complexity index is 362. The van der Waals surface area contributed by atoms with Crippen molar-refractivity contribution in [2.24, 2.45) is 5.16 Å². The van der Waals surface area contributed by atoms with Crippen molar-refractivity contribution in [2.45, 2.75) is 13.8 Å². The lowest BCUT2D eigenvalue weighted by atomic mass is 10.3. The topological polar surface area (TPSA) is 34.1 Å². The van der Waals surface area contributed by atoms with Gasteiger partial charge in [0.2, 0.25) is 5.90 Å². The molecule has 16 heavy (non-hydrogen) atoms. The highest BCUT2D eigenvalue weighted by Gasteiger charge is 1.98. The van der Waals surface area contributed by atoms with Crippen molar-refractivity contribution in [3.8, 4) is 5.75 Å². The molecule has 0 saturated carbocycles. The monoisotopic (exact) mass is 222 g/mol. The molecule has 0 saturated heterocycles. The second-order valence-electron chi connectivity index (χ2n) is 3.53. The molecule has 0 aromatic heterocycles. The first-order chi connectivity index (χ1) is 7.63. The zero-order chi connectivity index (χ0) is 12.0. The molecule has 1 aromatic carbocycles. The van der Waals surface area contributed by atoms with Crippen LogP contribution in [-0.4, -0.2) is 26.6 Å². The number of ether oxygens (including phenoxy) is 1. The van der Waals surface area contributed by atoms with E-state index in [1.54, 1.807) is 6.92 Å². The van der Waals surface area contributed by atoms with Gasteiger partial charge in [-0.15, -0.1) is 0 Å². The molecule has 0 aliphatic heterocycles. The summed E-state index contributed by atoms with van der Waals surface area (Å²) in [5.41, 5.74) is 1.07. The van der Waals surface area contributed by atoms with E-state index in [-0.39, 0.29) is 0 Å². The summed E-state index contributed by atoms with van der Waals surface area (Å²) >= 11 is 0. The summed E-state index contributed by atoms with van der Waals surface area (Å²) in [6.07, 6.45) is 0. The first-order valence-electron chi connectivity index (χ1n) is 5.25. The van der Waals surface area contributed by atoms with Gasteiger partial charge in [-0.05, 0) is 24.2 Å². The molecular formula is C12H18N2O2. The quantitative estimate of drug-likeness (QED) is 0.446. The van der Waals surface area contributed by atoms with Crippen LogP contribution in [0.25, 0.3) is 0 Å². The standard InChI is InChI=1S/C12H18N2O2/c1-5-15-10(2)13-16-12-8-6-7-11(9-12)14(3)4/h6-9H,5H2,1-4H3/b13-10-. The van der Waals surface area contributed by atoms with Crippen LogP contribution in [0.4, 0.5) is 5.69 Å². The molecular weight excluding hydrogens is 204 g/mol. The summed E-state index contributed by atoms with van der Waals surface area (Å²) in [4.78, 5) is 7.25. The van der Waals surface area contributed by atoms with Crippen molar-refractivity contribution >= 4 is 11.6 Å². The third-order valence-electron chi connectivity index (χ3n) is 1.97. The van der Waals surface area contributed by atoms with Crippen LogP contribution in [0.5, 0.6) is 5.75 Å². The van der Waals surface area contributed by atoms with Gasteiger partial charge in [0, 0.05) is 32.8 Å². The van der Waals surface area contributed by atoms with Gasteiger partial charge in [0.05, 0.1) is 6.61 Å². The van der Waals surface area contributed by atoms with E-state index in [1.807, 2.05) is 50.2 Å². The zero-order valence-electron chi connectivity index (χ0n) is 10.2. The molecule has 0 fully saturated rings. The first kappa shape index (κ1) is 12.4. The van der Waals surface area contributed by atoms with Crippen LogP contribution in [0.2, 0.25) is 0 Å². The van der Waals surface area contributed by atoms with Gasteiger partial charge >= 0.3 is 0 Å². The molecule has 4 nitrogen and oxygen atoms in total. The normalized spacial score (nSPS) is 11.1. The molecule has 4 heteroatoms. The molecule has 0 aliphatic rings. The Morgan fingerprint density at radius 3 is 2.75 bits per heavy atom. The minimum Gasteiger partial charge on any atom is -0.479 e. The van der Waals surface area contributed by atoms with Crippen molar-refractivity contribution in [3.63, 3.8) is 0 Å². The minimum atomic E-state index is 0.526. The van der Waals surface area contributed by atoms with Gasteiger partial charge < -0.3 is 14.5 Å². The van der Waals surface area contributed by atoms with Gasteiger partial charge in [-0.25, -0.2) is 0 Å². The number of anilines is 1. The Labute approximate surface area is 96.5 Å². The van der Waals surface area contributed by atoms with Crippen LogP contribution in [0, 0.1) is 0 Å². The lowest BCUT2D eigenvalue weighted by molar-refractivity contribution is 0.276. The summed E-state index contributed by atoms with van der Waals surface area (Å²) in [5.74, 6) is 1.23. The molecule has 0 spiro atoms. The Hall–Kier alpha value is -1.71. The van der Waals surface area contributed by atoms with E-state index in [0.717, 1.165) is 5.69 Å². The molecule has 0 atom stereocenters. The van der Waals surface area contributed by atoms with E-state index in [1.165, 1.54) is 0 Å². The first-order valence-corrected chi connectivity index (χ1v) is 5.25. The van der Waals surface area contributed by atoms with Crippen LogP contribution in [0.1, 0.15) is 13.8 Å². The predicted octanol–water partition coefficient (Wildman–Crippen LogP) is 2.50. The van der Waals surface area contributed by atoms with Crippen molar-refractivity contribution in [1.82, 2.24) is 0 Å². The van der Waals surface area contributed by atoms with Crippen molar-refractivity contribution in [1.29, 1.82) is 0 Å². The maximum absolute atomic E-state index is 5.25. The fourth-order valence-electron chi connectivity index (χ4n) is 1.17. The highest BCUT2D eigenvalue weighted by molar-refractivity contribution is 5.72. The van der Waals surface area contributed by atoms with Gasteiger partial charge in [-0.2, -0.15) is 0 Å². The Kier molecular flexibility index (Phi) is 4.64. The lowest BCUT2D eigenvalue weighted by Crippen LogP contribution is -2.08. The molecule has 0 amide bonds. The van der Waals surface area contributed by atoms with Crippen LogP contribution in [0.15, 0.2) is 29.4 Å². The Morgan fingerprint density at radius 2 is 2.12 bits per heavy atom. The fourth-order valence-corrected chi connectivity index (χ4v) is 1.17. The van der Waals surface area contributed by atoms with E-state index in [9.17, 15) is 0 Å². The van der Waals surface area contributed by atoms with Gasteiger partial charge in [0.15, 0.2) is 5.75 Å². The fraction of sp³-hybridized carbons (Fsp3) is 0.417. The number of benzene rings is 1. The van der Waals surface area contributed by atoms with Crippen LogP contribution in [-0.2, 0) is 4.74 Å². The molecule has 1 rings (SSSR count). The van der Waals surface area contributed by atoms with Crippen LogP contribution >= 0.6 is 0 Å². The molecule has 0 aliphatic carbocycles. The molecule has 1 aromatic rings. The average molecular weight is 222 g/mol. The molecule has 0 unspecified atom stereocenters. The van der Waals surface area contributed by atoms with E-state index < -0.39 is 0 Å². The van der Waals surface area contributed by atoms with Crippen molar-refractivity contribution in [2.75, 3.05) is 25.6 Å². The largest absolute Gasteiger partial charge is 0.479 e. The summed E-state index contributed by atoms with van der Waals surface area (Å²) in [6.45, 7) is 4.27. The van der Waals surface area contributed by atoms with Crippen molar-refractivity contribution in [3.05, 3.63) is 24.3 Å². The van der Waals surface area contributed by atoms with Crippen LogP contribution in [0.3, 0.4) is 0 Å². The zero-order valence-corrected chi connectivity index (χ0v) is 10.2. The SMILES string of the molecule is CCO/C(C)=N\Oc1cccc(N(C)C)c1. The van der Waals surface area contributed by atoms with E-state index in [2.05, 4.69) is 5.16 Å². The van der Waals surface area contributed by atoms with Crippen LogP contribution < -0.4 is 9.74 Å². The molecule has 0 bridgehead atoms. The summed E-state index contributed by atoms with van der Waals surface area (Å²) < 4.78 is 5.16. The highest BCUT2D eigenvalue weighted by Crippen LogP contribution is 2.19. The summed E-state index contributed by atoms with van der Waals surface area (Å²) in [6, 6.07) is 7.71. The molecule has 0 radical (unpaired) electrons. The third-order valence-corrected chi connectivity index (χ3v) is 1.97. The van der Waals surface area contributed by atoms with Gasteiger partial charge in [0.25, 0.3) is 0 Å². The summed E-state index contributed by atoms with van der Waals surface area (Å²) in [7, 11) is 3.96. The Morgan fingerprint density at radius 1 is 1.38 bits per heavy atom. The maximum Gasteiger partial charge on any atom is 0.223 e. The number of hydrogen-bond donors (Lipinski definition) is 0. The summed E-state index contributed by atoms with van der Waals surface area (Å²) in [5, 5.41) is 3.86. The molecule has 0 N–H and O–H groups in total. The molecule has 88 valence electrons. The van der Waals surface area contributed by atoms with Gasteiger partial charge in [-0.1, -0.05) is 6.07 Å². The highest BCUT2D eigenvalue weighted by atomic mass is 16.6. The second-order valence-corrected chi connectivity index (χ2v) is 3.53. The second kappa shape index (κ2) is 6.00. The smallest absolute Gasteiger partial charge is 0.223 e. The minimum absolute atomic E-state index is 0.526. The number of nitrogens with zero attached hydrogens (tertiary/aromatic N) is 2. The third kappa shape index (κ3) is 3.81. The predicted molar refractivity (Wildman–Crippen MR) is 66.1 cm³/mol. The lowest BCUT2D eigenvalue weighted by Gasteiger charge is -2.12. The van der Waals surface area contributed by atoms with Crippen molar-refractivity contribution < 1.29 is 9.57 Å². The molecule has 0 heterocycles. The van der Waals surface area contributed by atoms with Gasteiger partial charge in [-0.3, -0.25) is 0 Å². The maximum atomic E-state index is 5.25. The average Bonchev–Trinajstić information content (AvgIpc) is 2.27. The number of hydrogen-bond acceptors (Lipinski definition) is 4. The van der Waals surface area contributed by atoms with E-state index in [0.29, 0.717) is 18.3 Å². The number of oxime groups is 1.